The van der Waals surface area contributed by atoms with E-state index >= 15 is 0 Å². The van der Waals surface area contributed by atoms with Crippen LogP contribution in [0, 0.1) is 5.82 Å². The number of benzene rings is 2. The van der Waals surface area contributed by atoms with Crippen LogP contribution in [0.25, 0.3) is 5.69 Å². The number of nitrogens with zero attached hydrogens (tertiary/aromatic N) is 2. The number of halogens is 1. The minimum Gasteiger partial charge on any atom is -0.497 e. The second-order valence-corrected chi connectivity index (χ2v) is 6.25. The molecule has 6 nitrogen and oxygen atoms in total. The number of rotatable bonds is 4. The van der Waals surface area contributed by atoms with Crippen molar-refractivity contribution in [3.8, 4) is 17.2 Å². The number of anilines is 1. The lowest BCUT2D eigenvalue weighted by atomic mass is 9.90. The van der Waals surface area contributed by atoms with Gasteiger partial charge in [-0.05, 0) is 29.8 Å². The van der Waals surface area contributed by atoms with Gasteiger partial charge in [0.05, 0.1) is 25.6 Å². The van der Waals surface area contributed by atoms with Gasteiger partial charge in [0.2, 0.25) is 5.91 Å². The second kappa shape index (κ2) is 6.75. The molecule has 1 atom stereocenters. The van der Waals surface area contributed by atoms with Gasteiger partial charge in [-0.3, -0.25) is 9.36 Å². The molecule has 0 radical (unpaired) electrons. The molecular weight excluding hydrogens is 349 g/mol. The normalized spacial score (nSPS) is 15.8. The van der Waals surface area contributed by atoms with Gasteiger partial charge in [-0.15, -0.1) is 0 Å². The van der Waals surface area contributed by atoms with E-state index < -0.39 is 0 Å². The van der Waals surface area contributed by atoms with Crippen LogP contribution in [0.2, 0.25) is 0 Å². The Balaban J connectivity index is 1.85. The summed E-state index contributed by atoms with van der Waals surface area (Å²) in [5, 5.41) is 2.88. The number of aromatic nitrogens is 2. The quantitative estimate of drug-likeness (QED) is 0.766. The molecule has 0 spiro atoms. The maximum atomic E-state index is 13.7. The van der Waals surface area contributed by atoms with E-state index in [4.69, 9.17) is 9.47 Å². The number of fused-ring (bicyclic) bond motifs is 1. The number of amides is 1. The van der Waals surface area contributed by atoms with Crippen molar-refractivity contribution in [2.24, 2.45) is 0 Å². The van der Waals surface area contributed by atoms with Crippen LogP contribution in [0.3, 0.4) is 0 Å². The van der Waals surface area contributed by atoms with Gasteiger partial charge >= 0.3 is 0 Å². The van der Waals surface area contributed by atoms with E-state index in [1.54, 1.807) is 55.4 Å². The number of methoxy groups -OCH3 is 2. The molecule has 138 valence electrons. The third-order valence-electron chi connectivity index (χ3n) is 4.67. The fourth-order valence-electron chi connectivity index (χ4n) is 3.37. The summed E-state index contributed by atoms with van der Waals surface area (Å²) in [7, 11) is 3.15. The highest BCUT2D eigenvalue weighted by Gasteiger charge is 2.31. The summed E-state index contributed by atoms with van der Waals surface area (Å²) < 4.78 is 26.2. The minimum absolute atomic E-state index is 0.152. The highest BCUT2D eigenvalue weighted by atomic mass is 19.1. The number of carbonyl (C=O) groups is 1. The summed E-state index contributed by atoms with van der Waals surface area (Å²) >= 11 is 0. The molecule has 0 unspecified atom stereocenters. The summed E-state index contributed by atoms with van der Waals surface area (Å²) in [5.74, 6) is 0.999. The molecule has 1 aromatic heterocycles. The van der Waals surface area contributed by atoms with Crippen LogP contribution in [-0.4, -0.2) is 29.7 Å². The second-order valence-electron chi connectivity index (χ2n) is 6.25. The first-order valence-corrected chi connectivity index (χ1v) is 8.45. The Morgan fingerprint density at radius 2 is 2.04 bits per heavy atom. The number of imidazole rings is 1. The maximum Gasteiger partial charge on any atom is 0.226 e. The molecule has 2 heterocycles. The molecule has 0 saturated heterocycles. The van der Waals surface area contributed by atoms with Crippen molar-refractivity contribution >= 4 is 11.7 Å². The Kier molecular flexibility index (Phi) is 4.27. The lowest BCUT2D eigenvalue weighted by molar-refractivity contribution is -0.116. The van der Waals surface area contributed by atoms with Gasteiger partial charge < -0.3 is 14.8 Å². The third kappa shape index (κ3) is 3.01. The van der Waals surface area contributed by atoms with Gasteiger partial charge in [-0.2, -0.15) is 0 Å². The number of nitrogens with one attached hydrogen (secondary N) is 1. The molecule has 1 N–H and O–H groups in total. The van der Waals surface area contributed by atoms with E-state index in [2.05, 4.69) is 10.3 Å². The van der Waals surface area contributed by atoms with Crippen molar-refractivity contribution < 1.29 is 18.7 Å². The molecule has 4 rings (SSSR count). The van der Waals surface area contributed by atoms with Gasteiger partial charge in [0, 0.05) is 18.4 Å². The summed E-state index contributed by atoms with van der Waals surface area (Å²) in [5.41, 5.74) is 2.09. The molecule has 0 saturated carbocycles. The molecule has 3 aromatic rings. The van der Waals surface area contributed by atoms with Gasteiger partial charge in [0.25, 0.3) is 0 Å². The van der Waals surface area contributed by atoms with Crippen LogP contribution in [0.4, 0.5) is 10.2 Å². The lowest BCUT2D eigenvalue weighted by Gasteiger charge is -2.24. The van der Waals surface area contributed by atoms with Crippen molar-refractivity contribution in [2.45, 2.75) is 12.3 Å². The van der Waals surface area contributed by atoms with Crippen LogP contribution in [0.5, 0.6) is 11.5 Å². The summed E-state index contributed by atoms with van der Waals surface area (Å²) in [4.78, 5) is 16.9. The van der Waals surface area contributed by atoms with Gasteiger partial charge in [0.1, 0.15) is 29.5 Å². The number of hydrogen-bond donors (Lipinski definition) is 1. The van der Waals surface area contributed by atoms with Crippen molar-refractivity contribution in [3.05, 3.63) is 65.9 Å². The van der Waals surface area contributed by atoms with Crippen LogP contribution >= 0.6 is 0 Å². The zero-order valence-electron chi connectivity index (χ0n) is 14.9. The van der Waals surface area contributed by atoms with Gasteiger partial charge in [0.15, 0.2) is 0 Å². The van der Waals surface area contributed by atoms with E-state index in [0.717, 1.165) is 0 Å². The fourth-order valence-corrected chi connectivity index (χ4v) is 3.37. The predicted octanol–water partition coefficient (Wildman–Crippen LogP) is 3.50. The third-order valence-corrected chi connectivity index (χ3v) is 4.67. The van der Waals surface area contributed by atoms with Crippen LogP contribution in [0.1, 0.15) is 23.6 Å². The van der Waals surface area contributed by atoms with Crippen LogP contribution in [-0.2, 0) is 4.79 Å². The maximum absolute atomic E-state index is 13.7. The van der Waals surface area contributed by atoms with E-state index in [1.165, 1.54) is 12.1 Å². The van der Waals surface area contributed by atoms with Gasteiger partial charge in [-0.1, -0.05) is 12.1 Å². The highest BCUT2D eigenvalue weighted by molar-refractivity contribution is 5.94. The van der Waals surface area contributed by atoms with Crippen molar-refractivity contribution in [2.75, 3.05) is 19.5 Å². The van der Waals surface area contributed by atoms with E-state index in [9.17, 15) is 9.18 Å². The number of ether oxygens (including phenoxy) is 2. The van der Waals surface area contributed by atoms with E-state index in [1.807, 2.05) is 0 Å². The molecule has 0 fully saturated rings. The minimum atomic E-state index is -0.339. The van der Waals surface area contributed by atoms with Crippen molar-refractivity contribution in [1.82, 2.24) is 9.55 Å². The van der Waals surface area contributed by atoms with Crippen LogP contribution in [0.15, 0.2) is 48.8 Å². The van der Waals surface area contributed by atoms with Crippen molar-refractivity contribution in [3.63, 3.8) is 0 Å². The summed E-state index contributed by atoms with van der Waals surface area (Å²) in [6.07, 6.45) is 1.84. The largest absolute Gasteiger partial charge is 0.497 e. The molecule has 1 aliphatic rings. The Morgan fingerprint density at radius 3 is 2.78 bits per heavy atom. The monoisotopic (exact) mass is 367 g/mol. The Bertz CT molecular complexity index is 1020. The zero-order valence-corrected chi connectivity index (χ0v) is 14.9. The standard InChI is InChI=1S/C20H18FN3O3/c1-26-14-6-7-17(27-2)16(9-14)24-11-22-19-15(10-18(25)23-20(19)24)12-4-3-5-13(21)8-12/h3-9,11,15H,10H2,1-2H3,(H,23,25)/t15-/m1/s1. The first kappa shape index (κ1) is 17.1. The number of carbonyl (C=O) groups excluding carboxylic acids is 1. The highest BCUT2D eigenvalue weighted by Crippen LogP contribution is 2.39. The molecule has 1 aliphatic heterocycles. The fraction of sp³-hybridized carbons (Fsp3) is 0.200. The molecule has 0 bridgehead atoms. The molecule has 0 aliphatic carbocycles. The van der Waals surface area contributed by atoms with Gasteiger partial charge in [-0.25, -0.2) is 9.37 Å². The smallest absolute Gasteiger partial charge is 0.226 e. The molecule has 27 heavy (non-hydrogen) atoms. The SMILES string of the molecule is COc1ccc(OC)c(-n2cnc3c2NC(=O)C[C@@H]3c2cccc(F)c2)c1. The molecule has 7 heteroatoms. The van der Waals surface area contributed by atoms with Crippen molar-refractivity contribution in [1.29, 1.82) is 0 Å². The topological polar surface area (TPSA) is 65.4 Å². The van der Waals surface area contributed by atoms with E-state index in [-0.39, 0.29) is 24.1 Å². The predicted molar refractivity (Wildman–Crippen MR) is 98.2 cm³/mol. The first-order chi connectivity index (χ1) is 13.1. The zero-order chi connectivity index (χ0) is 19.0. The average molecular weight is 367 g/mol. The number of hydrogen-bond acceptors (Lipinski definition) is 4. The first-order valence-electron chi connectivity index (χ1n) is 8.45. The molecule has 2 aromatic carbocycles. The Labute approximate surface area is 155 Å². The molecule has 1 amide bonds. The van der Waals surface area contributed by atoms with Crippen LogP contribution < -0.4 is 14.8 Å². The van der Waals surface area contributed by atoms with E-state index in [0.29, 0.717) is 34.3 Å². The average Bonchev–Trinajstić information content (AvgIpc) is 3.10. The Morgan fingerprint density at radius 1 is 1.19 bits per heavy atom. The molecular formula is C20H18FN3O3. The summed E-state index contributed by atoms with van der Waals surface area (Å²) in [6, 6.07) is 11.7. The summed E-state index contributed by atoms with van der Waals surface area (Å²) in [6.45, 7) is 0. The lowest BCUT2D eigenvalue weighted by Crippen LogP contribution is -2.25. The Hall–Kier alpha value is -3.35.